The fraction of sp³-hybridized carbons (Fsp3) is 0.273. The van der Waals surface area contributed by atoms with Crippen LogP contribution in [-0.4, -0.2) is 33.5 Å². The topological polar surface area (TPSA) is 74.1 Å². The summed E-state index contributed by atoms with van der Waals surface area (Å²) < 4.78 is 4.77. The molecule has 0 atom stereocenters. The van der Waals surface area contributed by atoms with Gasteiger partial charge in [-0.3, -0.25) is 4.79 Å². The Labute approximate surface area is 97.2 Å². The fourth-order valence-corrected chi connectivity index (χ4v) is 1.40. The van der Waals surface area contributed by atoms with Crippen molar-refractivity contribution in [2.45, 2.75) is 13.8 Å². The van der Waals surface area contributed by atoms with Crippen LogP contribution in [-0.2, 0) is 4.74 Å². The third-order valence-corrected chi connectivity index (χ3v) is 2.22. The van der Waals surface area contributed by atoms with E-state index >= 15 is 0 Å². The van der Waals surface area contributed by atoms with Crippen LogP contribution in [0.25, 0.3) is 11.0 Å². The van der Waals surface area contributed by atoms with Crippen molar-refractivity contribution in [3.8, 4) is 0 Å². The molecule has 0 aliphatic heterocycles. The van der Waals surface area contributed by atoms with E-state index < -0.39 is 6.09 Å². The van der Waals surface area contributed by atoms with Gasteiger partial charge in [0.15, 0.2) is 5.78 Å². The summed E-state index contributed by atoms with van der Waals surface area (Å²) in [5, 5.41) is 7.90. The van der Waals surface area contributed by atoms with E-state index in [0.29, 0.717) is 16.6 Å². The number of ether oxygens (including phenoxy) is 1. The third-order valence-electron chi connectivity index (χ3n) is 2.22. The molecule has 0 unspecified atom stereocenters. The van der Waals surface area contributed by atoms with Crippen molar-refractivity contribution in [2.24, 2.45) is 0 Å². The van der Waals surface area contributed by atoms with Gasteiger partial charge < -0.3 is 4.74 Å². The fourth-order valence-electron chi connectivity index (χ4n) is 1.40. The van der Waals surface area contributed by atoms with Crippen LogP contribution in [0, 0.1) is 0 Å². The molecular formula is C11H11N3O3. The van der Waals surface area contributed by atoms with Gasteiger partial charge in [-0.15, -0.1) is 10.2 Å². The van der Waals surface area contributed by atoms with Crippen molar-refractivity contribution in [2.75, 3.05) is 6.61 Å². The van der Waals surface area contributed by atoms with E-state index in [1.807, 2.05) is 0 Å². The summed E-state index contributed by atoms with van der Waals surface area (Å²) >= 11 is 0. The first kappa shape index (κ1) is 11.3. The van der Waals surface area contributed by atoms with Crippen molar-refractivity contribution in [3.05, 3.63) is 23.8 Å². The van der Waals surface area contributed by atoms with Crippen LogP contribution >= 0.6 is 0 Å². The monoisotopic (exact) mass is 233 g/mol. The average molecular weight is 233 g/mol. The molecule has 0 N–H and O–H groups in total. The summed E-state index contributed by atoms with van der Waals surface area (Å²) in [6.07, 6.45) is -0.631. The van der Waals surface area contributed by atoms with Crippen molar-refractivity contribution in [3.63, 3.8) is 0 Å². The van der Waals surface area contributed by atoms with Gasteiger partial charge in [0.05, 0.1) is 6.61 Å². The molecule has 17 heavy (non-hydrogen) atoms. The molecule has 0 amide bonds. The number of carbonyl (C=O) groups excluding carboxylic acids is 2. The molecule has 0 aliphatic rings. The van der Waals surface area contributed by atoms with Gasteiger partial charge in [0.2, 0.25) is 0 Å². The van der Waals surface area contributed by atoms with Gasteiger partial charge >= 0.3 is 6.09 Å². The quantitative estimate of drug-likeness (QED) is 0.737. The Morgan fingerprint density at radius 2 is 2.00 bits per heavy atom. The maximum atomic E-state index is 11.4. The molecule has 0 bridgehead atoms. The second-order valence-corrected chi connectivity index (χ2v) is 3.45. The van der Waals surface area contributed by atoms with Gasteiger partial charge in [-0.1, -0.05) is 4.80 Å². The Morgan fingerprint density at radius 1 is 1.29 bits per heavy atom. The van der Waals surface area contributed by atoms with E-state index in [2.05, 4.69) is 10.2 Å². The van der Waals surface area contributed by atoms with Crippen molar-refractivity contribution < 1.29 is 14.3 Å². The molecule has 1 aromatic carbocycles. The standard InChI is InChI=1S/C11H11N3O3/c1-3-17-11(16)14-12-9-5-4-8(7(2)15)6-10(9)13-14/h4-6H,3H2,1-2H3. The first-order chi connectivity index (χ1) is 8.11. The van der Waals surface area contributed by atoms with Crippen LogP contribution in [0.2, 0.25) is 0 Å². The van der Waals surface area contributed by atoms with E-state index in [9.17, 15) is 9.59 Å². The minimum Gasteiger partial charge on any atom is -0.447 e. The lowest BCUT2D eigenvalue weighted by Crippen LogP contribution is -2.16. The van der Waals surface area contributed by atoms with Crippen molar-refractivity contribution in [1.82, 2.24) is 15.0 Å². The van der Waals surface area contributed by atoms with Gasteiger partial charge in [0.25, 0.3) is 0 Å². The summed E-state index contributed by atoms with van der Waals surface area (Å²) in [7, 11) is 0. The second kappa shape index (κ2) is 4.32. The maximum Gasteiger partial charge on any atom is 0.452 e. The molecule has 88 valence electrons. The number of rotatable bonds is 2. The Hall–Kier alpha value is -2.24. The van der Waals surface area contributed by atoms with Gasteiger partial charge in [-0.2, -0.15) is 0 Å². The number of fused-ring (bicyclic) bond motifs is 1. The highest BCUT2D eigenvalue weighted by atomic mass is 16.6. The Bertz CT molecular complexity index is 589. The number of Topliss-reactive ketones (excluding diaryl/α,β-unsaturated/α-hetero) is 1. The zero-order valence-electron chi connectivity index (χ0n) is 9.51. The number of nitrogens with zero attached hydrogens (tertiary/aromatic N) is 3. The third kappa shape index (κ3) is 2.15. The lowest BCUT2D eigenvalue weighted by atomic mass is 10.1. The van der Waals surface area contributed by atoms with E-state index in [0.717, 1.165) is 4.80 Å². The minimum absolute atomic E-state index is 0.0578. The largest absolute Gasteiger partial charge is 0.452 e. The molecule has 0 radical (unpaired) electrons. The smallest absolute Gasteiger partial charge is 0.447 e. The first-order valence-electron chi connectivity index (χ1n) is 5.17. The maximum absolute atomic E-state index is 11.4. The van der Waals surface area contributed by atoms with Gasteiger partial charge in [0.1, 0.15) is 11.0 Å². The highest BCUT2D eigenvalue weighted by Crippen LogP contribution is 2.12. The molecule has 0 aliphatic carbocycles. The molecule has 0 saturated heterocycles. The lowest BCUT2D eigenvalue weighted by molar-refractivity contribution is 0.101. The Balaban J connectivity index is 2.43. The zero-order chi connectivity index (χ0) is 12.4. The molecule has 0 spiro atoms. The molecule has 0 fully saturated rings. The van der Waals surface area contributed by atoms with E-state index in [1.54, 1.807) is 25.1 Å². The van der Waals surface area contributed by atoms with Crippen LogP contribution in [0.3, 0.4) is 0 Å². The molecule has 1 heterocycles. The Kier molecular flexibility index (Phi) is 2.86. The first-order valence-corrected chi connectivity index (χ1v) is 5.17. The molecule has 2 rings (SSSR count). The second-order valence-electron chi connectivity index (χ2n) is 3.45. The van der Waals surface area contributed by atoms with Crippen LogP contribution < -0.4 is 0 Å². The minimum atomic E-state index is -0.631. The number of ketones is 1. The van der Waals surface area contributed by atoms with Gasteiger partial charge in [-0.05, 0) is 32.0 Å². The van der Waals surface area contributed by atoms with Crippen LogP contribution in [0.5, 0.6) is 0 Å². The van der Waals surface area contributed by atoms with Gasteiger partial charge in [-0.25, -0.2) is 4.79 Å². The number of aromatic nitrogens is 3. The summed E-state index contributed by atoms with van der Waals surface area (Å²) in [6.45, 7) is 3.43. The SMILES string of the molecule is CCOC(=O)n1nc2ccc(C(C)=O)cc2n1. The summed E-state index contributed by atoms with van der Waals surface area (Å²) in [5.41, 5.74) is 1.57. The molecular weight excluding hydrogens is 222 g/mol. The predicted molar refractivity (Wildman–Crippen MR) is 60.0 cm³/mol. The molecule has 0 saturated carbocycles. The number of hydrogen-bond acceptors (Lipinski definition) is 5. The van der Waals surface area contributed by atoms with Crippen LogP contribution in [0.1, 0.15) is 24.2 Å². The summed E-state index contributed by atoms with van der Waals surface area (Å²) in [6, 6.07) is 4.89. The Morgan fingerprint density at radius 3 is 2.65 bits per heavy atom. The summed E-state index contributed by atoms with van der Waals surface area (Å²) in [5.74, 6) is -0.0578. The lowest BCUT2D eigenvalue weighted by Gasteiger charge is -1.96. The zero-order valence-corrected chi connectivity index (χ0v) is 9.51. The molecule has 1 aromatic heterocycles. The number of carbonyl (C=O) groups is 2. The van der Waals surface area contributed by atoms with E-state index in [1.165, 1.54) is 6.92 Å². The normalized spacial score (nSPS) is 10.5. The highest BCUT2D eigenvalue weighted by molar-refractivity contribution is 5.97. The van der Waals surface area contributed by atoms with Gasteiger partial charge in [0, 0.05) is 5.56 Å². The van der Waals surface area contributed by atoms with Crippen molar-refractivity contribution >= 4 is 22.9 Å². The number of benzene rings is 1. The van der Waals surface area contributed by atoms with E-state index in [-0.39, 0.29) is 12.4 Å². The number of hydrogen-bond donors (Lipinski definition) is 0. The average Bonchev–Trinajstić information content (AvgIpc) is 2.71. The van der Waals surface area contributed by atoms with E-state index in [4.69, 9.17) is 4.74 Å². The molecule has 2 aromatic rings. The van der Waals surface area contributed by atoms with Crippen molar-refractivity contribution in [1.29, 1.82) is 0 Å². The predicted octanol–water partition coefficient (Wildman–Crippen LogP) is 1.64. The molecule has 6 heteroatoms. The summed E-state index contributed by atoms with van der Waals surface area (Å²) in [4.78, 5) is 23.5. The molecule has 6 nitrogen and oxygen atoms in total. The van der Waals surface area contributed by atoms with Crippen LogP contribution in [0.15, 0.2) is 18.2 Å². The van der Waals surface area contributed by atoms with Crippen LogP contribution in [0.4, 0.5) is 4.79 Å². The highest BCUT2D eigenvalue weighted by Gasteiger charge is 2.11.